The predicted molar refractivity (Wildman–Crippen MR) is 111 cm³/mol. The molecule has 0 aromatic heterocycles. The number of hydrogen-bond acceptors (Lipinski definition) is 3. The fourth-order valence-electron chi connectivity index (χ4n) is 3.01. The van der Waals surface area contributed by atoms with Gasteiger partial charge in [-0.05, 0) is 47.4 Å². The van der Waals surface area contributed by atoms with Crippen molar-refractivity contribution in [1.82, 2.24) is 0 Å². The summed E-state index contributed by atoms with van der Waals surface area (Å²) in [7, 11) is 0. The first-order chi connectivity index (χ1) is 14.1. The van der Waals surface area contributed by atoms with Crippen molar-refractivity contribution < 1.29 is 18.7 Å². The first-order valence-corrected chi connectivity index (χ1v) is 9.46. The standard InChI is InChI=1S/C24H22FNO3/c1-2-22(24(28)26-20-14-12-19(25)13-15-20)29-23(27)16-18-10-6-7-11-21(18)17-8-4-3-5-9-17/h3-15,22H,2,16H2,1H3,(H,26,28). The molecule has 3 rings (SSSR count). The zero-order valence-corrected chi connectivity index (χ0v) is 16.1. The van der Waals surface area contributed by atoms with Gasteiger partial charge in [0.05, 0.1) is 6.42 Å². The van der Waals surface area contributed by atoms with Crippen molar-refractivity contribution in [1.29, 1.82) is 0 Å². The lowest BCUT2D eigenvalue weighted by Gasteiger charge is -2.17. The highest BCUT2D eigenvalue weighted by Gasteiger charge is 2.22. The molecule has 0 radical (unpaired) electrons. The summed E-state index contributed by atoms with van der Waals surface area (Å²) < 4.78 is 18.4. The molecule has 0 heterocycles. The first-order valence-electron chi connectivity index (χ1n) is 9.46. The van der Waals surface area contributed by atoms with Gasteiger partial charge in [0.1, 0.15) is 5.82 Å². The van der Waals surface area contributed by atoms with E-state index >= 15 is 0 Å². The van der Waals surface area contributed by atoms with E-state index in [0.29, 0.717) is 12.1 Å². The number of hydrogen-bond donors (Lipinski definition) is 1. The summed E-state index contributed by atoms with van der Waals surface area (Å²) in [5.74, 6) is -1.31. The Balaban J connectivity index is 1.66. The van der Waals surface area contributed by atoms with Crippen molar-refractivity contribution >= 4 is 17.6 Å². The Hall–Kier alpha value is -3.47. The molecule has 0 saturated heterocycles. The number of nitrogens with one attached hydrogen (secondary N) is 1. The molecule has 4 nitrogen and oxygen atoms in total. The van der Waals surface area contributed by atoms with Gasteiger partial charge in [-0.25, -0.2) is 4.39 Å². The maximum atomic E-state index is 13.0. The van der Waals surface area contributed by atoms with E-state index in [4.69, 9.17) is 4.74 Å². The summed E-state index contributed by atoms with van der Waals surface area (Å²) in [6.07, 6.45) is -0.527. The molecule has 1 unspecified atom stereocenters. The SMILES string of the molecule is CCC(OC(=O)Cc1ccccc1-c1ccccc1)C(=O)Nc1ccc(F)cc1. The average Bonchev–Trinajstić information content (AvgIpc) is 2.74. The van der Waals surface area contributed by atoms with Crippen molar-refractivity contribution in [3.63, 3.8) is 0 Å². The monoisotopic (exact) mass is 391 g/mol. The highest BCUT2D eigenvalue weighted by atomic mass is 19.1. The lowest BCUT2D eigenvalue weighted by Crippen LogP contribution is -2.32. The zero-order chi connectivity index (χ0) is 20.6. The van der Waals surface area contributed by atoms with Gasteiger partial charge in [0.2, 0.25) is 0 Å². The van der Waals surface area contributed by atoms with E-state index in [0.717, 1.165) is 16.7 Å². The fraction of sp³-hybridized carbons (Fsp3) is 0.167. The third-order valence-electron chi connectivity index (χ3n) is 4.49. The Morgan fingerprint density at radius 2 is 1.59 bits per heavy atom. The molecule has 148 valence electrons. The summed E-state index contributed by atoms with van der Waals surface area (Å²) in [6.45, 7) is 1.76. The molecular weight excluding hydrogens is 369 g/mol. The van der Waals surface area contributed by atoms with E-state index in [9.17, 15) is 14.0 Å². The molecule has 3 aromatic rings. The molecular formula is C24H22FNO3. The number of benzene rings is 3. The Morgan fingerprint density at radius 1 is 0.931 bits per heavy atom. The molecule has 0 aliphatic heterocycles. The summed E-state index contributed by atoms with van der Waals surface area (Å²) in [5.41, 5.74) is 3.24. The lowest BCUT2D eigenvalue weighted by atomic mass is 9.98. The van der Waals surface area contributed by atoms with Crippen molar-refractivity contribution in [3.8, 4) is 11.1 Å². The third kappa shape index (κ3) is 5.51. The number of carbonyl (C=O) groups excluding carboxylic acids is 2. The van der Waals surface area contributed by atoms with Crippen molar-refractivity contribution in [2.75, 3.05) is 5.32 Å². The van der Waals surface area contributed by atoms with Crippen LogP contribution in [0.3, 0.4) is 0 Å². The number of rotatable bonds is 7. The highest BCUT2D eigenvalue weighted by molar-refractivity contribution is 5.95. The van der Waals surface area contributed by atoms with Crippen molar-refractivity contribution in [3.05, 3.63) is 90.2 Å². The fourth-order valence-corrected chi connectivity index (χ4v) is 3.01. The van der Waals surface area contributed by atoms with Gasteiger partial charge in [0, 0.05) is 5.69 Å². The lowest BCUT2D eigenvalue weighted by molar-refractivity contribution is -0.153. The Labute approximate surface area is 169 Å². The van der Waals surface area contributed by atoms with Gasteiger partial charge < -0.3 is 10.1 Å². The minimum Gasteiger partial charge on any atom is -0.452 e. The maximum absolute atomic E-state index is 13.0. The van der Waals surface area contributed by atoms with E-state index in [1.165, 1.54) is 24.3 Å². The van der Waals surface area contributed by atoms with Crippen LogP contribution in [0.5, 0.6) is 0 Å². The molecule has 3 aromatic carbocycles. The topological polar surface area (TPSA) is 55.4 Å². The molecule has 0 aliphatic carbocycles. The average molecular weight is 391 g/mol. The number of halogens is 1. The van der Waals surface area contributed by atoms with Gasteiger partial charge in [-0.3, -0.25) is 9.59 Å². The van der Waals surface area contributed by atoms with E-state index in [1.54, 1.807) is 6.92 Å². The smallest absolute Gasteiger partial charge is 0.311 e. The normalized spacial score (nSPS) is 11.5. The summed E-state index contributed by atoms with van der Waals surface area (Å²) >= 11 is 0. The molecule has 0 fully saturated rings. The largest absolute Gasteiger partial charge is 0.452 e. The van der Waals surface area contributed by atoms with Crippen LogP contribution < -0.4 is 5.32 Å². The summed E-state index contributed by atoms with van der Waals surface area (Å²) in [6, 6.07) is 22.8. The molecule has 0 aliphatic rings. The zero-order valence-electron chi connectivity index (χ0n) is 16.1. The Morgan fingerprint density at radius 3 is 2.28 bits per heavy atom. The van der Waals surface area contributed by atoms with Crippen LogP contribution in [-0.2, 0) is 20.7 Å². The quantitative estimate of drug-likeness (QED) is 0.577. The van der Waals surface area contributed by atoms with Crippen LogP contribution in [0.15, 0.2) is 78.9 Å². The predicted octanol–water partition coefficient (Wildman–Crippen LogP) is 5.00. The van der Waals surface area contributed by atoms with Crippen LogP contribution in [0.2, 0.25) is 0 Å². The van der Waals surface area contributed by atoms with E-state index < -0.39 is 23.8 Å². The third-order valence-corrected chi connectivity index (χ3v) is 4.49. The highest BCUT2D eigenvalue weighted by Crippen LogP contribution is 2.24. The Bertz CT molecular complexity index is 971. The van der Waals surface area contributed by atoms with Crippen molar-refractivity contribution in [2.24, 2.45) is 0 Å². The van der Waals surface area contributed by atoms with Crippen LogP contribution in [-0.4, -0.2) is 18.0 Å². The molecule has 1 atom stereocenters. The molecule has 0 saturated carbocycles. The van der Waals surface area contributed by atoms with Gasteiger partial charge in [-0.15, -0.1) is 0 Å². The van der Waals surface area contributed by atoms with Crippen LogP contribution in [0.25, 0.3) is 11.1 Å². The Kier molecular flexibility index (Phi) is 6.74. The van der Waals surface area contributed by atoms with Crippen LogP contribution >= 0.6 is 0 Å². The minimum atomic E-state index is -0.920. The van der Waals surface area contributed by atoms with Gasteiger partial charge in [-0.1, -0.05) is 61.5 Å². The van der Waals surface area contributed by atoms with Gasteiger partial charge in [-0.2, -0.15) is 0 Å². The molecule has 29 heavy (non-hydrogen) atoms. The van der Waals surface area contributed by atoms with Crippen LogP contribution in [0.1, 0.15) is 18.9 Å². The van der Waals surface area contributed by atoms with E-state index in [2.05, 4.69) is 5.32 Å². The number of anilines is 1. The minimum absolute atomic E-state index is 0.0609. The first kappa shape index (κ1) is 20.3. The second-order valence-electron chi connectivity index (χ2n) is 6.58. The number of carbonyl (C=O) groups is 2. The van der Waals surface area contributed by atoms with Crippen LogP contribution in [0, 0.1) is 5.82 Å². The number of amides is 1. The number of esters is 1. The molecule has 0 bridgehead atoms. The second-order valence-corrected chi connectivity index (χ2v) is 6.58. The van der Waals surface area contributed by atoms with Crippen molar-refractivity contribution in [2.45, 2.75) is 25.9 Å². The molecule has 0 spiro atoms. The second kappa shape index (κ2) is 9.64. The number of ether oxygens (including phenoxy) is 1. The summed E-state index contributed by atoms with van der Waals surface area (Å²) in [4.78, 5) is 24.9. The molecule has 5 heteroatoms. The maximum Gasteiger partial charge on any atom is 0.311 e. The molecule has 1 N–H and O–H groups in total. The van der Waals surface area contributed by atoms with Gasteiger partial charge >= 0.3 is 5.97 Å². The molecule has 1 amide bonds. The summed E-state index contributed by atoms with van der Waals surface area (Å²) in [5, 5.41) is 2.64. The van der Waals surface area contributed by atoms with E-state index in [-0.39, 0.29) is 6.42 Å². The van der Waals surface area contributed by atoms with E-state index in [1.807, 2.05) is 54.6 Å². The van der Waals surface area contributed by atoms with Crippen LogP contribution in [0.4, 0.5) is 10.1 Å². The van der Waals surface area contributed by atoms with Gasteiger partial charge in [0.15, 0.2) is 6.10 Å². The van der Waals surface area contributed by atoms with Gasteiger partial charge in [0.25, 0.3) is 5.91 Å².